The second-order valence-corrected chi connectivity index (χ2v) is 4.77. The molecule has 2 aromatic rings. The Morgan fingerprint density at radius 1 is 1.00 bits per heavy atom. The zero-order chi connectivity index (χ0) is 12.4. The number of aryl methyl sites for hydroxylation is 2. The molecule has 0 fully saturated rings. The predicted molar refractivity (Wildman–Crippen MR) is 73.4 cm³/mol. The third-order valence-corrected chi connectivity index (χ3v) is 3.34. The van der Waals surface area contributed by atoms with Crippen molar-refractivity contribution >= 4 is 11.6 Å². The van der Waals surface area contributed by atoms with E-state index in [1.54, 1.807) is 0 Å². The highest BCUT2D eigenvalue weighted by Gasteiger charge is 2.13. The summed E-state index contributed by atoms with van der Waals surface area (Å²) in [5, 5.41) is 0.722. The molecule has 0 heterocycles. The second kappa shape index (κ2) is 4.91. The summed E-state index contributed by atoms with van der Waals surface area (Å²) < 4.78 is 0. The van der Waals surface area contributed by atoms with Crippen LogP contribution in [0.2, 0.25) is 5.02 Å². The lowest BCUT2D eigenvalue weighted by molar-refractivity contribution is 0.861. The molecule has 88 valence electrons. The first-order chi connectivity index (χ1) is 8.09. The van der Waals surface area contributed by atoms with Gasteiger partial charge in [-0.15, -0.1) is 0 Å². The number of nitrogens with two attached hydrogens (primary N) is 1. The van der Waals surface area contributed by atoms with Crippen molar-refractivity contribution in [1.29, 1.82) is 0 Å². The van der Waals surface area contributed by atoms with Gasteiger partial charge in [0.1, 0.15) is 0 Å². The van der Waals surface area contributed by atoms with Crippen molar-refractivity contribution in [2.45, 2.75) is 19.9 Å². The minimum absolute atomic E-state index is 0.163. The molecular formula is C15H16ClN. The standard InChI is InChI=1S/C15H16ClN/c1-10-7-8-12(11(2)9-10)15(17)13-5-3-4-6-14(13)16/h3-9,15H,17H2,1-2H3/t15-/m0/s1. The highest BCUT2D eigenvalue weighted by atomic mass is 35.5. The van der Waals surface area contributed by atoms with Crippen molar-refractivity contribution in [3.63, 3.8) is 0 Å². The number of halogens is 1. The monoisotopic (exact) mass is 245 g/mol. The van der Waals surface area contributed by atoms with Crippen LogP contribution < -0.4 is 5.73 Å². The van der Waals surface area contributed by atoms with Crippen LogP contribution in [-0.4, -0.2) is 0 Å². The van der Waals surface area contributed by atoms with Gasteiger partial charge in [-0.1, -0.05) is 53.6 Å². The van der Waals surface area contributed by atoms with E-state index in [4.69, 9.17) is 17.3 Å². The van der Waals surface area contributed by atoms with Crippen LogP contribution in [0.15, 0.2) is 42.5 Å². The van der Waals surface area contributed by atoms with Gasteiger partial charge in [-0.2, -0.15) is 0 Å². The van der Waals surface area contributed by atoms with Crippen LogP contribution in [0.25, 0.3) is 0 Å². The van der Waals surface area contributed by atoms with Gasteiger partial charge in [-0.3, -0.25) is 0 Å². The number of benzene rings is 2. The van der Waals surface area contributed by atoms with Gasteiger partial charge in [0.15, 0.2) is 0 Å². The van der Waals surface area contributed by atoms with Gasteiger partial charge in [-0.25, -0.2) is 0 Å². The molecule has 1 nitrogen and oxygen atoms in total. The molecule has 0 spiro atoms. The first kappa shape index (κ1) is 12.2. The summed E-state index contributed by atoms with van der Waals surface area (Å²) in [6, 6.07) is 13.9. The Balaban J connectivity index is 2.44. The van der Waals surface area contributed by atoms with E-state index in [1.165, 1.54) is 11.1 Å². The molecule has 0 radical (unpaired) electrons. The Morgan fingerprint density at radius 2 is 1.71 bits per heavy atom. The zero-order valence-corrected chi connectivity index (χ0v) is 10.8. The highest BCUT2D eigenvalue weighted by molar-refractivity contribution is 6.31. The van der Waals surface area contributed by atoms with Crippen LogP contribution in [-0.2, 0) is 0 Å². The maximum atomic E-state index is 6.28. The summed E-state index contributed by atoms with van der Waals surface area (Å²) in [7, 11) is 0. The number of hydrogen-bond acceptors (Lipinski definition) is 1. The summed E-state index contributed by atoms with van der Waals surface area (Å²) in [6.45, 7) is 4.16. The minimum atomic E-state index is -0.163. The Labute approximate surface area is 107 Å². The maximum absolute atomic E-state index is 6.28. The average Bonchev–Trinajstić information content (AvgIpc) is 2.29. The number of hydrogen-bond donors (Lipinski definition) is 1. The second-order valence-electron chi connectivity index (χ2n) is 4.36. The van der Waals surface area contributed by atoms with Crippen molar-refractivity contribution in [3.8, 4) is 0 Å². The average molecular weight is 246 g/mol. The molecule has 0 aliphatic carbocycles. The fourth-order valence-corrected chi connectivity index (χ4v) is 2.32. The van der Waals surface area contributed by atoms with Crippen molar-refractivity contribution in [3.05, 3.63) is 69.7 Å². The highest BCUT2D eigenvalue weighted by Crippen LogP contribution is 2.28. The van der Waals surface area contributed by atoms with Crippen LogP contribution in [0.3, 0.4) is 0 Å². The van der Waals surface area contributed by atoms with E-state index >= 15 is 0 Å². The molecule has 0 bridgehead atoms. The third-order valence-electron chi connectivity index (χ3n) is 3.00. The molecule has 2 heteroatoms. The normalized spacial score (nSPS) is 12.5. The van der Waals surface area contributed by atoms with E-state index in [0.717, 1.165) is 16.1 Å². The van der Waals surface area contributed by atoms with Crippen molar-refractivity contribution in [1.82, 2.24) is 0 Å². The van der Waals surface area contributed by atoms with Crippen molar-refractivity contribution in [2.75, 3.05) is 0 Å². The molecule has 17 heavy (non-hydrogen) atoms. The van der Waals surface area contributed by atoms with Crippen LogP contribution >= 0.6 is 11.6 Å². The van der Waals surface area contributed by atoms with Gasteiger partial charge in [-0.05, 0) is 36.6 Å². The zero-order valence-electron chi connectivity index (χ0n) is 10.1. The predicted octanol–water partition coefficient (Wildman–Crippen LogP) is 4.00. The Bertz CT molecular complexity index is 534. The Kier molecular flexibility index (Phi) is 3.51. The smallest absolute Gasteiger partial charge is 0.0569 e. The molecule has 0 aliphatic heterocycles. The van der Waals surface area contributed by atoms with Gasteiger partial charge < -0.3 is 5.73 Å². The molecular weight excluding hydrogens is 230 g/mol. The van der Waals surface area contributed by atoms with Gasteiger partial charge in [0.25, 0.3) is 0 Å². The van der Waals surface area contributed by atoms with Gasteiger partial charge >= 0.3 is 0 Å². The Hall–Kier alpha value is -1.31. The van der Waals surface area contributed by atoms with E-state index < -0.39 is 0 Å². The molecule has 0 aliphatic rings. The third kappa shape index (κ3) is 2.51. The van der Waals surface area contributed by atoms with E-state index in [9.17, 15) is 0 Å². The summed E-state index contributed by atoms with van der Waals surface area (Å²) in [6.07, 6.45) is 0. The molecule has 0 saturated heterocycles. The lowest BCUT2D eigenvalue weighted by Gasteiger charge is -2.17. The summed E-state index contributed by atoms with van der Waals surface area (Å²) in [4.78, 5) is 0. The molecule has 0 saturated carbocycles. The topological polar surface area (TPSA) is 26.0 Å². The summed E-state index contributed by atoms with van der Waals surface area (Å²) in [5.41, 5.74) is 10.8. The molecule has 0 amide bonds. The lowest BCUT2D eigenvalue weighted by Crippen LogP contribution is -2.13. The molecule has 0 unspecified atom stereocenters. The maximum Gasteiger partial charge on any atom is 0.0569 e. The van der Waals surface area contributed by atoms with E-state index in [0.29, 0.717) is 0 Å². The molecule has 0 aromatic heterocycles. The van der Waals surface area contributed by atoms with E-state index in [1.807, 2.05) is 24.3 Å². The fraction of sp³-hybridized carbons (Fsp3) is 0.200. The fourth-order valence-electron chi connectivity index (χ4n) is 2.07. The van der Waals surface area contributed by atoms with Crippen LogP contribution in [0.5, 0.6) is 0 Å². The van der Waals surface area contributed by atoms with E-state index in [-0.39, 0.29) is 6.04 Å². The molecule has 1 atom stereocenters. The van der Waals surface area contributed by atoms with E-state index in [2.05, 4.69) is 32.0 Å². The minimum Gasteiger partial charge on any atom is -0.320 e. The Morgan fingerprint density at radius 3 is 2.35 bits per heavy atom. The van der Waals surface area contributed by atoms with Gasteiger partial charge in [0, 0.05) is 5.02 Å². The quantitative estimate of drug-likeness (QED) is 0.850. The number of rotatable bonds is 2. The van der Waals surface area contributed by atoms with Crippen LogP contribution in [0.1, 0.15) is 28.3 Å². The molecule has 2 rings (SSSR count). The lowest BCUT2D eigenvalue weighted by atomic mass is 9.94. The van der Waals surface area contributed by atoms with Gasteiger partial charge in [0.05, 0.1) is 6.04 Å². The van der Waals surface area contributed by atoms with Gasteiger partial charge in [0.2, 0.25) is 0 Å². The first-order valence-corrected chi connectivity index (χ1v) is 6.04. The molecule has 2 aromatic carbocycles. The van der Waals surface area contributed by atoms with Crippen molar-refractivity contribution < 1.29 is 0 Å². The summed E-state index contributed by atoms with van der Waals surface area (Å²) >= 11 is 6.17. The molecule has 2 N–H and O–H groups in total. The largest absolute Gasteiger partial charge is 0.320 e. The first-order valence-electron chi connectivity index (χ1n) is 5.67. The van der Waals surface area contributed by atoms with Crippen molar-refractivity contribution in [2.24, 2.45) is 5.73 Å². The van der Waals surface area contributed by atoms with Crippen LogP contribution in [0.4, 0.5) is 0 Å². The SMILES string of the molecule is Cc1ccc([C@H](N)c2ccccc2Cl)c(C)c1. The summed E-state index contributed by atoms with van der Waals surface area (Å²) in [5.74, 6) is 0. The van der Waals surface area contributed by atoms with Crippen LogP contribution in [0, 0.1) is 13.8 Å².